The van der Waals surface area contributed by atoms with Gasteiger partial charge in [-0.1, -0.05) is 41.7 Å². The molecule has 0 saturated heterocycles. The first-order valence-corrected chi connectivity index (χ1v) is 8.65. The molecule has 0 radical (unpaired) electrons. The number of rotatable bonds is 3. The van der Waals surface area contributed by atoms with E-state index >= 15 is 0 Å². The standard InChI is InChI=1S/C19H17N3OS/c1-11-7-8-12(2)18-17(11)22-19(24-18)21-16(23)9-13-10-20-15-6-4-3-5-14(13)15/h3-8,10,20H,9H2,1-2H3,(H,21,22,23). The average Bonchev–Trinajstić information content (AvgIpc) is 3.17. The second kappa shape index (κ2) is 5.76. The molecule has 2 aromatic carbocycles. The summed E-state index contributed by atoms with van der Waals surface area (Å²) in [6.45, 7) is 4.11. The Balaban J connectivity index is 1.58. The Kier molecular flexibility index (Phi) is 3.58. The molecule has 0 spiro atoms. The van der Waals surface area contributed by atoms with Crippen LogP contribution in [0.4, 0.5) is 5.13 Å². The number of carbonyl (C=O) groups excluding carboxylic acids is 1. The van der Waals surface area contributed by atoms with E-state index in [-0.39, 0.29) is 5.91 Å². The van der Waals surface area contributed by atoms with Gasteiger partial charge in [0.15, 0.2) is 5.13 Å². The van der Waals surface area contributed by atoms with Crippen molar-refractivity contribution in [2.45, 2.75) is 20.3 Å². The van der Waals surface area contributed by atoms with E-state index < -0.39 is 0 Å². The van der Waals surface area contributed by atoms with E-state index in [9.17, 15) is 4.79 Å². The van der Waals surface area contributed by atoms with Gasteiger partial charge in [-0.25, -0.2) is 4.98 Å². The van der Waals surface area contributed by atoms with Crippen molar-refractivity contribution >= 4 is 43.5 Å². The van der Waals surface area contributed by atoms with Gasteiger partial charge < -0.3 is 10.3 Å². The highest BCUT2D eigenvalue weighted by Gasteiger charge is 2.13. The van der Waals surface area contributed by atoms with E-state index in [2.05, 4.69) is 34.3 Å². The Hall–Kier alpha value is -2.66. The van der Waals surface area contributed by atoms with Crippen LogP contribution in [0.5, 0.6) is 0 Å². The molecule has 0 saturated carbocycles. The lowest BCUT2D eigenvalue weighted by molar-refractivity contribution is -0.115. The lowest BCUT2D eigenvalue weighted by Crippen LogP contribution is -2.13. The number of para-hydroxylation sites is 1. The number of hydrogen-bond acceptors (Lipinski definition) is 3. The number of fused-ring (bicyclic) bond motifs is 2. The van der Waals surface area contributed by atoms with Gasteiger partial charge in [0.25, 0.3) is 0 Å². The summed E-state index contributed by atoms with van der Waals surface area (Å²) in [7, 11) is 0. The fraction of sp³-hybridized carbons (Fsp3) is 0.158. The summed E-state index contributed by atoms with van der Waals surface area (Å²) in [5.41, 5.74) is 5.33. The van der Waals surface area contributed by atoms with Crippen molar-refractivity contribution in [3.8, 4) is 0 Å². The summed E-state index contributed by atoms with van der Waals surface area (Å²) in [4.78, 5) is 20.2. The first-order valence-electron chi connectivity index (χ1n) is 7.83. The summed E-state index contributed by atoms with van der Waals surface area (Å²) in [5.74, 6) is -0.0471. The van der Waals surface area contributed by atoms with Crippen molar-refractivity contribution in [1.82, 2.24) is 9.97 Å². The molecule has 0 bridgehead atoms. The van der Waals surface area contributed by atoms with Crippen LogP contribution in [0.15, 0.2) is 42.6 Å². The Labute approximate surface area is 143 Å². The van der Waals surface area contributed by atoms with E-state index in [0.717, 1.165) is 32.2 Å². The van der Waals surface area contributed by atoms with Gasteiger partial charge in [0.05, 0.1) is 16.6 Å². The third-order valence-corrected chi connectivity index (χ3v) is 5.32. The number of nitrogens with one attached hydrogen (secondary N) is 2. The smallest absolute Gasteiger partial charge is 0.230 e. The van der Waals surface area contributed by atoms with Gasteiger partial charge >= 0.3 is 0 Å². The monoisotopic (exact) mass is 335 g/mol. The van der Waals surface area contributed by atoms with Crippen LogP contribution in [0.25, 0.3) is 21.1 Å². The van der Waals surface area contributed by atoms with E-state index in [1.54, 1.807) is 0 Å². The van der Waals surface area contributed by atoms with Crippen molar-refractivity contribution in [2.75, 3.05) is 5.32 Å². The Morgan fingerprint density at radius 3 is 2.79 bits per heavy atom. The van der Waals surface area contributed by atoms with Crippen LogP contribution >= 0.6 is 11.3 Å². The van der Waals surface area contributed by atoms with Gasteiger partial charge in [0, 0.05) is 17.1 Å². The molecule has 1 amide bonds. The highest BCUT2D eigenvalue weighted by molar-refractivity contribution is 7.22. The summed E-state index contributed by atoms with van der Waals surface area (Å²) in [5, 5.41) is 4.69. The Morgan fingerprint density at radius 1 is 1.17 bits per heavy atom. The van der Waals surface area contributed by atoms with E-state index in [0.29, 0.717) is 11.6 Å². The van der Waals surface area contributed by atoms with E-state index in [1.807, 2.05) is 37.4 Å². The summed E-state index contributed by atoms with van der Waals surface area (Å²) in [6, 6.07) is 12.2. The second-order valence-corrected chi connectivity index (χ2v) is 6.98. The van der Waals surface area contributed by atoms with Gasteiger partial charge in [-0.15, -0.1) is 0 Å². The van der Waals surface area contributed by atoms with Crippen molar-refractivity contribution < 1.29 is 4.79 Å². The van der Waals surface area contributed by atoms with Crippen LogP contribution in [0.2, 0.25) is 0 Å². The summed E-state index contributed by atoms with van der Waals surface area (Å²) in [6.07, 6.45) is 2.23. The minimum absolute atomic E-state index is 0.0471. The zero-order valence-corrected chi connectivity index (χ0v) is 14.3. The van der Waals surface area contributed by atoms with Crippen molar-refractivity contribution in [3.63, 3.8) is 0 Å². The molecule has 0 aliphatic carbocycles. The topological polar surface area (TPSA) is 57.8 Å². The van der Waals surface area contributed by atoms with Gasteiger partial charge in [0.2, 0.25) is 5.91 Å². The fourth-order valence-corrected chi connectivity index (χ4v) is 3.95. The predicted octanol–water partition coefficient (Wildman–Crippen LogP) is 4.58. The number of anilines is 1. The van der Waals surface area contributed by atoms with Crippen LogP contribution in [0, 0.1) is 13.8 Å². The molecule has 24 heavy (non-hydrogen) atoms. The molecule has 0 aliphatic rings. The van der Waals surface area contributed by atoms with Gasteiger partial charge in [-0.05, 0) is 36.6 Å². The highest BCUT2D eigenvalue weighted by Crippen LogP contribution is 2.31. The summed E-state index contributed by atoms with van der Waals surface area (Å²) >= 11 is 1.53. The molecular weight excluding hydrogens is 318 g/mol. The maximum atomic E-state index is 12.4. The molecule has 2 N–H and O–H groups in total. The molecule has 0 unspecified atom stereocenters. The number of aryl methyl sites for hydroxylation is 2. The first-order chi connectivity index (χ1) is 11.6. The SMILES string of the molecule is Cc1ccc(C)c2sc(NC(=O)Cc3c[nH]c4ccccc34)nc12. The number of H-pyrrole nitrogens is 1. The molecular formula is C19H17N3OS. The predicted molar refractivity (Wildman–Crippen MR) is 99.7 cm³/mol. The van der Waals surface area contributed by atoms with Gasteiger partial charge in [0.1, 0.15) is 0 Å². The van der Waals surface area contributed by atoms with Crippen LogP contribution in [-0.2, 0) is 11.2 Å². The largest absolute Gasteiger partial charge is 0.361 e. The van der Waals surface area contributed by atoms with E-state index in [1.165, 1.54) is 16.9 Å². The van der Waals surface area contributed by atoms with Gasteiger partial charge in [-0.3, -0.25) is 4.79 Å². The number of aromatic amines is 1. The number of carbonyl (C=O) groups is 1. The molecule has 0 atom stereocenters. The Bertz CT molecular complexity index is 1020. The molecule has 4 rings (SSSR count). The number of aromatic nitrogens is 2. The zero-order valence-electron chi connectivity index (χ0n) is 13.5. The number of benzene rings is 2. The fourth-order valence-electron chi connectivity index (χ4n) is 2.93. The molecule has 2 heterocycles. The van der Waals surface area contributed by atoms with Gasteiger partial charge in [-0.2, -0.15) is 0 Å². The van der Waals surface area contributed by atoms with Crippen molar-refractivity contribution in [2.24, 2.45) is 0 Å². The van der Waals surface area contributed by atoms with Crippen LogP contribution in [-0.4, -0.2) is 15.9 Å². The molecule has 5 heteroatoms. The van der Waals surface area contributed by atoms with Crippen molar-refractivity contribution in [3.05, 3.63) is 59.3 Å². The van der Waals surface area contributed by atoms with Crippen LogP contribution in [0.3, 0.4) is 0 Å². The Morgan fingerprint density at radius 2 is 1.96 bits per heavy atom. The minimum Gasteiger partial charge on any atom is -0.361 e. The second-order valence-electron chi connectivity index (χ2n) is 5.98. The molecule has 0 aliphatic heterocycles. The maximum absolute atomic E-state index is 12.4. The van der Waals surface area contributed by atoms with Crippen molar-refractivity contribution in [1.29, 1.82) is 0 Å². The molecule has 4 aromatic rings. The molecule has 0 fully saturated rings. The lowest BCUT2D eigenvalue weighted by Gasteiger charge is -2.00. The van der Waals surface area contributed by atoms with Crippen LogP contribution < -0.4 is 5.32 Å². The number of hydrogen-bond donors (Lipinski definition) is 2. The summed E-state index contributed by atoms with van der Waals surface area (Å²) < 4.78 is 1.14. The lowest BCUT2D eigenvalue weighted by atomic mass is 10.1. The number of nitrogens with zero attached hydrogens (tertiary/aromatic N) is 1. The number of thiazole rings is 1. The quantitative estimate of drug-likeness (QED) is 0.576. The van der Waals surface area contributed by atoms with Crippen LogP contribution in [0.1, 0.15) is 16.7 Å². The van der Waals surface area contributed by atoms with E-state index in [4.69, 9.17) is 0 Å². The maximum Gasteiger partial charge on any atom is 0.230 e. The minimum atomic E-state index is -0.0471. The third-order valence-electron chi connectivity index (χ3n) is 4.21. The number of amides is 1. The normalized spacial score (nSPS) is 11.2. The molecule has 120 valence electrons. The zero-order chi connectivity index (χ0) is 16.7. The highest BCUT2D eigenvalue weighted by atomic mass is 32.1. The average molecular weight is 335 g/mol. The third kappa shape index (κ3) is 2.57. The first kappa shape index (κ1) is 14.9. The molecule has 4 nitrogen and oxygen atoms in total. The molecule has 2 aromatic heterocycles.